The largest absolute Gasteiger partial charge is 0.396 e. The molecule has 19 heavy (non-hydrogen) atoms. The number of nitrogens with zero attached hydrogens (tertiary/aromatic N) is 2. The second kappa shape index (κ2) is 8.36. The van der Waals surface area contributed by atoms with Crippen LogP contribution in [-0.2, 0) is 0 Å². The summed E-state index contributed by atoms with van der Waals surface area (Å²) in [5, 5.41) is 12.1. The zero-order valence-corrected chi connectivity index (χ0v) is 11.9. The van der Waals surface area contributed by atoms with Gasteiger partial charge in [0.05, 0.1) is 5.69 Å². The zero-order valence-electron chi connectivity index (χ0n) is 11.9. The number of hydrogen-bond donors (Lipinski definition) is 2. The first-order valence-corrected chi connectivity index (χ1v) is 7.04. The summed E-state index contributed by atoms with van der Waals surface area (Å²) < 4.78 is 0. The maximum Gasteiger partial charge on any atom is 0.165 e. The van der Waals surface area contributed by atoms with E-state index < -0.39 is 0 Å². The molecule has 1 heterocycles. The molecular weight excluding hydrogens is 236 g/mol. The number of aromatic nitrogens is 1. The second-order valence-electron chi connectivity index (χ2n) is 5.27. The van der Waals surface area contributed by atoms with Crippen molar-refractivity contribution in [1.29, 1.82) is 5.26 Å². The minimum Gasteiger partial charge on any atom is -0.396 e. The summed E-state index contributed by atoms with van der Waals surface area (Å²) in [5.74, 6) is 1.54. The normalized spacial score (nSPS) is 10.4. The van der Waals surface area contributed by atoms with Crippen LogP contribution in [0.5, 0.6) is 0 Å². The van der Waals surface area contributed by atoms with Gasteiger partial charge in [-0.2, -0.15) is 5.26 Å². The lowest BCUT2D eigenvalue weighted by molar-refractivity contribution is 0.523. The Morgan fingerprint density at radius 1 is 1.26 bits per heavy atom. The number of nitrogens with two attached hydrogens (primary N) is 1. The smallest absolute Gasteiger partial charge is 0.165 e. The SMILES string of the molecule is CC(C)CCCCCCNc1ccc(N)c(C#N)n1. The van der Waals surface area contributed by atoms with Crippen LogP contribution in [0.1, 0.15) is 51.6 Å². The third kappa shape index (κ3) is 6.10. The Kier molecular flexibility index (Phi) is 6.73. The molecule has 0 saturated heterocycles. The van der Waals surface area contributed by atoms with Crippen molar-refractivity contribution in [2.75, 3.05) is 17.6 Å². The highest BCUT2D eigenvalue weighted by Crippen LogP contribution is 2.13. The van der Waals surface area contributed by atoms with Crippen LogP contribution in [0.4, 0.5) is 11.5 Å². The molecule has 0 aliphatic heterocycles. The molecule has 0 bridgehead atoms. The monoisotopic (exact) mass is 260 g/mol. The summed E-state index contributed by atoms with van der Waals surface area (Å²) in [7, 11) is 0. The number of rotatable bonds is 8. The molecule has 4 heteroatoms. The number of nitrogens with one attached hydrogen (secondary N) is 1. The van der Waals surface area contributed by atoms with Gasteiger partial charge in [-0.05, 0) is 24.5 Å². The molecule has 0 atom stereocenters. The lowest BCUT2D eigenvalue weighted by Gasteiger charge is -2.07. The molecule has 0 radical (unpaired) electrons. The van der Waals surface area contributed by atoms with Crippen molar-refractivity contribution in [1.82, 2.24) is 4.98 Å². The highest BCUT2D eigenvalue weighted by Gasteiger charge is 2.01. The van der Waals surface area contributed by atoms with E-state index in [4.69, 9.17) is 11.0 Å². The van der Waals surface area contributed by atoms with E-state index in [2.05, 4.69) is 24.1 Å². The lowest BCUT2D eigenvalue weighted by Crippen LogP contribution is -2.05. The standard InChI is InChI=1S/C15H24N4/c1-12(2)7-5-3-4-6-10-18-15-9-8-13(17)14(11-16)19-15/h8-9,12H,3-7,10,17H2,1-2H3,(H,18,19). The van der Waals surface area contributed by atoms with Gasteiger partial charge < -0.3 is 11.1 Å². The first-order valence-electron chi connectivity index (χ1n) is 7.04. The maximum atomic E-state index is 8.84. The molecule has 0 amide bonds. The molecule has 0 fully saturated rings. The highest BCUT2D eigenvalue weighted by molar-refractivity contribution is 5.54. The Morgan fingerprint density at radius 2 is 2.00 bits per heavy atom. The Bertz CT molecular complexity index is 421. The van der Waals surface area contributed by atoms with Crippen LogP contribution in [0.2, 0.25) is 0 Å². The molecule has 104 valence electrons. The van der Waals surface area contributed by atoms with Gasteiger partial charge >= 0.3 is 0 Å². The molecule has 0 saturated carbocycles. The number of nitrogen functional groups attached to an aromatic ring is 1. The van der Waals surface area contributed by atoms with Gasteiger partial charge in [0.2, 0.25) is 0 Å². The third-order valence-electron chi connectivity index (χ3n) is 3.05. The van der Waals surface area contributed by atoms with E-state index in [1.54, 1.807) is 6.07 Å². The van der Waals surface area contributed by atoms with E-state index in [1.807, 2.05) is 12.1 Å². The maximum absolute atomic E-state index is 8.84. The number of anilines is 2. The topological polar surface area (TPSA) is 74.7 Å². The van der Waals surface area contributed by atoms with Crippen LogP contribution in [-0.4, -0.2) is 11.5 Å². The lowest BCUT2D eigenvalue weighted by atomic mass is 10.0. The van der Waals surface area contributed by atoms with Gasteiger partial charge in [-0.1, -0.05) is 39.5 Å². The summed E-state index contributed by atoms with van der Waals surface area (Å²) in [6.07, 6.45) is 6.29. The van der Waals surface area contributed by atoms with Crippen molar-refractivity contribution in [3.05, 3.63) is 17.8 Å². The molecule has 0 aliphatic rings. The fourth-order valence-corrected chi connectivity index (χ4v) is 1.91. The second-order valence-corrected chi connectivity index (χ2v) is 5.27. The van der Waals surface area contributed by atoms with Crippen molar-refractivity contribution in [3.63, 3.8) is 0 Å². The van der Waals surface area contributed by atoms with Crippen molar-refractivity contribution >= 4 is 11.5 Å². The highest BCUT2D eigenvalue weighted by atomic mass is 15.0. The Balaban J connectivity index is 2.18. The van der Waals surface area contributed by atoms with E-state index in [0.717, 1.165) is 24.7 Å². The van der Waals surface area contributed by atoms with Crippen LogP contribution in [0, 0.1) is 17.2 Å². The van der Waals surface area contributed by atoms with Crippen molar-refractivity contribution in [2.45, 2.75) is 46.0 Å². The van der Waals surface area contributed by atoms with E-state index in [9.17, 15) is 0 Å². The number of unbranched alkanes of at least 4 members (excludes halogenated alkanes) is 3. The van der Waals surface area contributed by atoms with E-state index in [-0.39, 0.29) is 0 Å². The molecule has 1 rings (SSSR count). The van der Waals surface area contributed by atoms with Crippen LogP contribution >= 0.6 is 0 Å². The van der Waals surface area contributed by atoms with Gasteiger partial charge in [-0.15, -0.1) is 0 Å². The molecule has 3 N–H and O–H groups in total. The predicted molar refractivity (Wildman–Crippen MR) is 79.8 cm³/mol. The Hall–Kier alpha value is -1.76. The van der Waals surface area contributed by atoms with E-state index >= 15 is 0 Å². The first-order chi connectivity index (χ1) is 9.13. The van der Waals surface area contributed by atoms with Crippen molar-refractivity contribution < 1.29 is 0 Å². The molecule has 1 aromatic heterocycles. The minimum absolute atomic E-state index is 0.293. The summed E-state index contributed by atoms with van der Waals surface area (Å²) in [6, 6.07) is 5.52. The zero-order chi connectivity index (χ0) is 14.1. The fourth-order valence-electron chi connectivity index (χ4n) is 1.91. The molecule has 0 unspecified atom stereocenters. The van der Waals surface area contributed by atoms with Crippen LogP contribution in [0.25, 0.3) is 0 Å². The van der Waals surface area contributed by atoms with E-state index in [0.29, 0.717) is 11.4 Å². The van der Waals surface area contributed by atoms with Gasteiger partial charge in [0.1, 0.15) is 11.9 Å². The van der Waals surface area contributed by atoms with Gasteiger partial charge in [0, 0.05) is 6.54 Å². The molecule has 4 nitrogen and oxygen atoms in total. The molecule has 0 aliphatic carbocycles. The summed E-state index contributed by atoms with van der Waals surface area (Å²) in [5.41, 5.74) is 6.35. The third-order valence-corrected chi connectivity index (χ3v) is 3.05. The molecule has 0 aromatic carbocycles. The molecular formula is C15H24N4. The fraction of sp³-hybridized carbons (Fsp3) is 0.600. The van der Waals surface area contributed by atoms with Crippen LogP contribution in [0.3, 0.4) is 0 Å². The average Bonchev–Trinajstić information content (AvgIpc) is 2.39. The van der Waals surface area contributed by atoms with Crippen LogP contribution in [0.15, 0.2) is 12.1 Å². The van der Waals surface area contributed by atoms with E-state index in [1.165, 1.54) is 25.7 Å². The Labute approximate surface area is 116 Å². The van der Waals surface area contributed by atoms with Crippen molar-refractivity contribution in [2.24, 2.45) is 5.92 Å². The minimum atomic E-state index is 0.293. The molecule has 1 aromatic rings. The quantitative estimate of drug-likeness (QED) is 0.701. The average molecular weight is 260 g/mol. The van der Waals surface area contributed by atoms with Gasteiger partial charge in [0.25, 0.3) is 0 Å². The first kappa shape index (κ1) is 15.3. The number of pyridine rings is 1. The van der Waals surface area contributed by atoms with Gasteiger partial charge in [-0.3, -0.25) is 0 Å². The van der Waals surface area contributed by atoms with Crippen molar-refractivity contribution in [3.8, 4) is 6.07 Å². The number of nitriles is 1. The summed E-state index contributed by atoms with van der Waals surface area (Å²) in [4.78, 5) is 4.15. The predicted octanol–water partition coefficient (Wildman–Crippen LogP) is 3.55. The van der Waals surface area contributed by atoms with Crippen LogP contribution < -0.4 is 11.1 Å². The Morgan fingerprint density at radius 3 is 2.68 bits per heavy atom. The van der Waals surface area contributed by atoms with Gasteiger partial charge in [0.15, 0.2) is 5.69 Å². The molecule has 0 spiro atoms. The summed E-state index contributed by atoms with van der Waals surface area (Å²) >= 11 is 0. The van der Waals surface area contributed by atoms with Gasteiger partial charge in [-0.25, -0.2) is 4.98 Å². The number of hydrogen-bond acceptors (Lipinski definition) is 4. The summed E-state index contributed by atoms with van der Waals surface area (Å²) in [6.45, 7) is 5.42.